The molecule has 10 nitrogen and oxygen atoms in total. The van der Waals surface area contributed by atoms with Gasteiger partial charge in [-0.05, 0) is 80.3 Å². The van der Waals surface area contributed by atoms with Gasteiger partial charge in [0.15, 0.2) is 11.6 Å². The van der Waals surface area contributed by atoms with Crippen LogP contribution in [0.15, 0.2) is 79.0 Å². The Kier molecular flexibility index (Phi) is 7.18. The molecule has 0 saturated heterocycles. The molecular weight excluding hydrogens is 558 g/mol. The molecule has 43 heavy (non-hydrogen) atoms. The summed E-state index contributed by atoms with van der Waals surface area (Å²) in [7, 11) is 0. The van der Waals surface area contributed by atoms with Crippen LogP contribution in [0.4, 0.5) is 31.8 Å². The van der Waals surface area contributed by atoms with Crippen LogP contribution in [0.2, 0.25) is 0 Å². The molecule has 0 aliphatic heterocycles. The summed E-state index contributed by atoms with van der Waals surface area (Å²) in [6.45, 7) is 0. The number of ether oxygens (including phenoxy) is 1. The molecule has 2 aliphatic rings. The highest BCUT2D eigenvalue weighted by atomic mass is 19.1. The van der Waals surface area contributed by atoms with Crippen molar-refractivity contribution in [3.63, 3.8) is 0 Å². The van der Waals surface area contributed by atoms with Crippen LogP contribution in [-0.4, -0.2) is 33.7 Å². The maximum atomic E-state index is 15.4. The monoisotopic (exact) mass is 584 g/mol. The van der Waals surface area contributed by atoms with Crippen molar-refractivity contribution in [1.82, 2.24) is 15.3 Å². The van der Waals surface area contributed by atoms with E-state index in [1.54, 1.807) is 24.3 Å². The van der Waals surface area contributed by atoms with Gasteiger partial charge in [-0.25, -0.2) is 13.8 Å². The van der Waals surface area contributed by atoms with Crippen molar-refractivity contribution < 1.29 is 27.9 Å². The van der Waals surface area contributed by atoms with Gasteiger partial charge in [-0.3, -0.25) is 19.3 Å². The molecule has 1 heterocycles. The maximum Gasteiger partial charge on any atom is 0.251 e. The molecule has 1 aromatic heterocycles. The minimum atomic E-state index is -1.40. The van der Waals surface area contributed by atoms with Crippen LogP contribution in [0, 0.1) is 17.0 Å². The van der Waals surface area contributed by atoms with E-state index in [0.29, 0.717) is 11.3 Å². The SMILES string of the molecule is NC(=O)C1(C(=O)N(c2ccc(F)cc2)c2ccc(Oc3ccnc(Nc4cccc(C(=O)NC5CC5)c4)n3)c(F)c2)CC1. The highest BCUT2D eigenvalue weighted by Gasteiger charge is 2.57. The van der Waals surface area contributed by atoms with Gasteiger partial charge in [-0.2, -0.15) is 4.98 Å². The van der Waals surface area contributed by atoms with Crippen LogP contribution in [0.5, 0.6) is 11.6 Å². The number of hydrogen-bond acceptors (Lipinski definition) is 7. The van der Waals surface area contributed by atoms with Gasteiger partial charge in [0.2, 0.25) is 23.6 Å². The van der Waals surface area contributed by atoms with Gasteiger partial charge in [0.1, 0.15) is 11.2 Å². The number of amides is 3. The van der Waals surface area contributed by atoms with Crippen LogP contribution in [0.3, 0.4) is 0 Å². The van der Waals surface area contributed by atoms with E-state index in [0.717, 1.165) is 35.9 Å². The average Bonchev–Trinajstić information content (AvgIpc) is 3.92. The van der Waals surface area contributed by atoms with E-state index in [1.165, 1.54) is 36.5 Å². The van der Waals surface area contributed by atoms with E-state index < -0.39 is 28.9 Å². The second-order valence-electron chi connectivity index (χ2n) is 10.5. The zero-order valence-electron chi connectivity index (χ0n) is 22.7. The molecule has 6 rings (SSSR count). The number of benzene rings is 3. The van der Waals surface area contributed by atoms with Crippen LogP contribution < -0.4 is 26.0 Å². The van der Waals surface area contributed by atoms with Crippen LogP contribution in [0.25, 0.3) is 0 Å². The first-order chi connectivity index (χ1) is 20.7. The highest BCUT2D eigenvalue weighted by molar-refractivity contribution is 6.16. The summed E-state index contributed by atoms with van der Waals surface area (Å²) in [4.78, 5) is 47.5. The molecule has 4 aromatic rings. The fourth-order valence-corrected chi connectivity index (χ4v) is 4.53. The fraction of sp³-hybridized carbons (Fsp3) is 0.194. The Morgan fingerprint density at radius 3 is 2.37 bits per heavy atom. The molecule has 0 unspecified atom stereocenters. The molecule has 0 radical (unpaired) electrons. The first-order valence-electron chi connectivity index (χ1n) is 13.6. The van der Waals surface area contributed by atoms with Crippen LogP contribution >= 0.6 is 0 Å². The van der Waals surface area contributed by atoms with Crippen molar-refractivity contribution in [3.05, 3.63) is 96.2 Å². The molecule has 4 N–H and O–H groups in total. The molecule has 2 saturated carbocycles. The summed E-state index contributed by atoms with van der Waals surface area (Å²) in [6, 6.07) is 17.4. The van der Waals surface area contributed by atoms with Gasteiger partial charge in [0.05, 0.1) is 5.69 Å². The van der Waals surface area contributed by atoms with E-state index in [1.807, 2.05) is 0 Å². The van der Waals surface area contributed by atoms with E-state index in [-0.39, 0.29) is 53.7 Å². The van der Waals surface area contributed by atoms with Crippen molar-refractivity contribution in [1.29, 1.82) is 0 Å². The van der Waals surface area contributed by atoms with E-state index in [2.05, 4.69) is 20.6 Å². The zero-order valence-corrected chi connectivity index (χ0v) is 22.7. The van der Waals surface area contributed by atoms with Crippen LogP contribution in [0.1, 0.15) is 36.0 Å². The van der Waals surface area contributed by atoms with Gasteiger partial charge in [-0.1, -0.05) is 6.07 Å². The quantitative estimate of drug-likeness (QED) is 0.220. The molecule has 3 aromatic carbocycles. The third-order valence-corrected chi connectivity index (χ3v) is 7.23. The Balaban J connectivity index is 1.21. The summed E-state index contributed by atoms with van der Waals surface area (Å²) >= 11 is 0. The lowest BCUT2D eigenvalue weighted by Crippen LogP contribution is -2.41. The molecule has 12 heteroatoms. The summed E-state index contributed by atoms with van der Waals surface area (Å²) in [6.07, 6.45) is 3.92. The summed E-state index contributed by atoms with van der Waals surface area (Å²) in [5, 5.41) is 5.95. The number of nitrogens with two attached hydrogens (primary N) is 1. The second kappa shape index (κ2) is 11.1. The molecule has 0 bridgehead atoms. The average molecular weight is 585 g/mol. The van der Waals surface area contributed by atoms with Crippen molar-refractivity contribution in [2.45, 2.75) is 31.7 Å². The van der Waals surface area contributed by atoms with Crippen LogP contribution in [-0.2, 0) is 9.59 Å². The second-order valence-corrected chi connectivity index (χ2v) is 10.5. The molecule has 3 amide bonds. The van der Waals surface area contributed by atoms with Crippen molar-refractivity contribution in [3.8, 4) is 11.6 Å². The fourth-order valence-electron chi connectivity index (χ4n) is 4.53. The lowest BCUT2D eigenvalue weighted by atomic mass is 10.0. The Bertz CT molecular complexity index is 1720. The lowest BCUT2D eigenvalue weighted by Gasteiger charge is -2.26. The van der Waals surface area contributed by atoms with Crippen molar-refractivity contribution in [2.24, 2.45) is 11.1 Å². The number of anilines is 4. The molecule has 218 valence electrons. The third-order valence-electron chi connectivity index (χ3n) is 7.23. The number of aromatic nitrogens is 2. The van der Waals surface area contributed by atoms with Gasteiger partial charge in [-0.15, -0.1) is 0 Å². The molecule has 0 atom stereocenters. The minimum absolute atomic E-state index is 0.0314. The summed E-state index contributed by atoms with van der Waals surface area (Å²) in [5.74, 6) is -2.89. The number of nitrogens with one attached hydrogen (secondary N) is 2. The molecule has 0 spiro atoms. The summed E-state index contributed by atoms with van der Waals surface area (Å²) in [5.41, 5.74) is 5.53. The zero-order chi connectivity index (χ0) is 30.1. The topological polar surface area (TPSA) is 140 Å². The number of rotatable bonds is 10. The summed E-state index contributed by atoms with van der Waals surface area (Å²) < 4.78 is 34.6. The number of nitrogens with zero attached hydrogens (tertiary/aromatic N) is 3. The number of carbonyl (C=O) groups is 3. The standard InChI is InChI=1S/C31H26F2N6O4/c32-19-4-8-22(9-5-19)39(29(42)31(13-14-31)28(34)41)23-10-11-25(24(33)17-23)43-26-12-15-35-30(38-26)37-21-3-1-2-18(16-21)27(40)36-20-6-7-20/h1-5,8-12,15-17,20H,6-7,13-14H2,(H2,34,41)(H,36,40)(H,35,37,38). The molecule has 2 aliphatic carbocycles. The Labute approximate surface area is 244 Å². The van der Waals surface area contributed by atoms with E-state index in [9.17, 15) is 18.8 Å². The molecule has 2 fully saturated rings. The van der Waals surface area contributed by atoms with E-state index >= 15 is 4.39 Å². The number of primary amides is 1. The van der Waals surface area contributed by atoms with Gasteiger partial charge in [0.25, 0.3) is 5.91 Å². The van der Waals surface area contributed by atoms with Crippen molar-refractivity contribution in [2.75, 3.05) is 10.2 Å². The smallest absolute Gasteiger partial charge is 0.251 e. The van der Waals surface area contributed by atoms with Crippen molar-refractivity contribution >= 4 is 40.7 Å². The number of hydrogen-bond donors (Lipinski definition) is 3. The Morgan fingerprint density at radius 2 is 1.70 bits per heavy atom. The largest absolute Gasteiger partial charge is 0.436 e. The first kappa shape index (κ1) is 27.8. The highest BCUT2D eigenvalue weighted by Crippen LogP contribution is 2.49. The number of carbonyl (C=O) groups excluding carboxylic acids is 3. The predicted molar refractivity (Wildman–Crippen MR) is 153 cm³/mol. The number of halogens is 2. The third kappa shape index (κ3) is 5.98. The lowest BCUT2D eigenvalue weighted by molar-refractivity contribution is -0.133. The predicted octanol–water partition coefficient (Wildman–Crippen LogP) is 5.11. The van der Waals surface area contributed by atoms with E-state index in [4.69, 9.17) is 10.5 Å². The normalized spacial score (nSPS) is 14.8. The van der Waals surface area contributed by atoms with Gasteiger partial charge in [0, 0.05) is 41.3 Å². The van der Waals surface area contributed by atoms with Gasteiger partial charge < -0.3 is 21.1 Å². The molecular formula is C31H26F2N6O4. The van der Waals surface area contributed by atoms with Gasteiger partial charge >= 0.3 is 0 Å². The minimum Gasteiger partial charge on any atom is -0.436 e. The maximum absolute atomic E-state index is 15.4. The Hall–Kier alpha value is -5.39. The Morgan fingerprint density at radius 1 is 0.953 bits per heavy atom. The first-order valence-corrected chi connectivity index (χ1v) is 13.6.